The van der Waals surface area contributed by atoms with Gasteiger partial charge in [-0.25, -0.2) is 0 Å². The van der Waals surface area contributed by atoms with E-state index in [0.29, 0.717) is 12.5 Å². The number of amides is 1. The minimum absolute atomic E-state index is 0.0215. The molecule has 1 spiro atoms. The fourth-order valence-electron chi connectivity index (χ4n) is 6.14. The minimum Gasteiger partial charge on any atom is -0.496 e. The fourth-order valence-corrected chi connectivity index (χ4v) is 6.14. The van der Waals surface area contributed by atoms with Gasteiger partial charge in [0.15, 0.2) is 0 Å². The molecule has 3 fully saturated rings. The van der Waals surface area contributed by atoms with E-state index in [9.17, 15) is 4.79 Å². The van der Waals surface area contributed by atoms with E-state index in [4.69, 9.17) is 9.47 Å². The molecule has 2 heterocycles. The lowest BCUT2D eigenvalue weighted by Crippen LogP contribution is -2.46. The van der Waals surface area contributed by atoms with Gasteiger partial charge < -0.3 is 14.4 Å². The van der Waals surface area contributed by atoms with Gasteiger partial charge in [-0.2, -0.15) is 0 Å². The molecular formula is C30H40N2O3. The number of hydrogen-bond donors (Lipinski definition) is 1. The van der Waals surface area contributed by atoms with E-state index in [0.717, 1.165) is 56.6 Å². The third-order valence-corrected chi connectivity index (χ3v) is 8.47. The monoisotopic (exact) mass is 476 g/mol. The van der Waals surface area contributed by atoms with Crippen molar-refractivity contribution >= 4 is 5.91 Å². The Bertz CT molecular complexity index is 1040. The number of carbonyl (C=O) groups is 1. The van der Waals surface area contributed by atoms with Crippen molar-refractivity contribution in [2.24, 2.45) is 11.3 Å². The maximum atomic E-state index is 14.0. The highest BCUT2D eigenvalue weighted by molar-refractivity contribution is 5.83. The van der Waals surface area contributed by atoms with Crippen LogP contribution >= 0.6 is 0 Å². The van der Waals surface area contributed by atoms with E-state index in [1.165, 1.54) is 11.1 Å². The number of methoxy groups -OCH3 is 1. The largest absolute Gasteiger partial charge is 0.496 e. The molecule has 35 heavy (non-hydrogen) atoms. The summed E-state index contributed by atoms with van der Waals surface area (Å²) in [5.41, 5.74) is 3.91. The molecule has 2 aliphatic heterocycles. The van der Waals surface area contributed by atoms with Gasteiger partial charge in [0.25, 0.3) is 0 Å². The first-order valence-corrected chi connectivity index (χ1v) is 13.2. The molecule has 188 valence electrons. The average Bonchev–Trinajstić information content (AvgIpc) is 3.37. The zero-order valence-electron chi connectivity index (χ0n) is 21.7. The molecule has 0 aromatic heterocycles. The van der Waals surface area contributed by atoms with Crippen LogP contribution in [0.5, 0.6) is 5.75 Å². The Morgan fingerprint density at radius 3 is 2.54 bits per heavy atom. The minimum atomic E-state index is 0.0215. The van der Waals surface area contributed by atoms with Crippen molar-refractivity contribution in [3.63, 3.8) is 0 Å². The predicted octanol–water partition coefficient (Wildman–Crippen LogP) is 5.59. The van der Waals surface area contributed by atoms with Crippen LogP contribution in [0.25, 0.3) is 0 Å². The summed E-state index contributed by atoms with van der Waals surface area (Å²) in [6.45, 7) is 8.95. The average molecular weight is 477 g/mol. The first kappa shape index (κ1) is 24.3. The molecule has 2 aromatic carbocycles. The molecule has 0 bridgehead atoms. The predicted molar refractivity (Wildman–Crippen MR) is 138 cm³/mol. The first-order valence-electron chi connectivity index (χ1n) is 13.2. The summed E-state index contributed by atoms with van der Waals surface area (Å²) in [6, 6.07) is 17.1. The lowest BCUT2D eigenvalue weighted by Gasteiger charge is -2.33. The SMILES string of the molecule is COc1ccc(C(C)(C)C)cc1CNC1CCC(c2ccccc2)N1C(=O)C1CC12CCOCC2. The molecule has 3 aliphatic rings. The Balaban J connectivity index is 1.37. The van der Waals surface area contributed by atoms with Crippen LogP contribution in [0.4, 0.5) is 0 Å². The number of likely N-dealkylation sites (tertiary alicyclic amines) is 1. The molecular weight excluding hydrogens is 436 g/mol. The number of nitrogens with zero attached hydrogens (tertiary/aromatic N) is 1. The van der Waals surface area contributed by atoms with Gasteiger partial charge in [0.05, 0.1) is 19.3 Å². The standard InChI is InChI=1S/C30H40N2O3/c1-29(2,3)23-10-12-26(34-4)22(18-23)20-31-27-13-11-25(21-8-6-5-7-9-21)32(27)28(33)24-19-30(24)14-16-35-17-15-30/h5-10,12,18,24-25,27,31H,11,13-17,19-20H2,1-4H3. The molecule has 1 saturated carbocycles. The quantitative estimate of drug-likeness (QED) is 0.591. The zero-order chi connectivity index (χ0) is 24.6. The van der Waals surface area contributed by atoms with Crippen LogP contribution in [0.1, 0.15) is 75.6 Å². The summed E-state index contributed by atoms with van der Waals surface area (Å²) in [7, 11) is 1.73. The van der Waals surface area contributed by atoms with Crippen LogP contribution < -0.4 is 10.1 Å². The van der Waals surface area contributed by atoms with E-state index in [1.54, 1.807) is 7.11 Å². The molecule has 3 unspecified atom stereocenters. The third-order valence-electron chi connectivity index (χ3n) is 8.47. The Morgan fingerprint density at radius 1 is 1.11 bits per heavy atom. The van der Waals surface area contributed by atoms with Gasteiger partial charge in [-0.05, 0) is 60.1 Å². The first-order chi connectivity index (χ1) is 16.8. The van der Waals surface area contributed by atoms with Crippen molar-refractivity contribution < 1.29 is 14.3 Å². The van der Waals surface area contributed by atoms with Gasteiger partial charge in [0.1, 0.15) is 5.75 Å². The van der Waals surface area contributed by atoms with E-state index in [2.05, 4.69) is 73.5 Å². The summed E-state index contributed by atoms with van der Waals surface area (Å²) in [5, 5.41) is 3.76. The molecule has 5 rings (SSSR count). The van der Waals surface area contributed by atoms with Gasteiger partial charge >= 0.3 is 0 Å². The van der Waals surface area contributed by atoms with Gasteiger partial charge in [-0.15, -0.1) is 0 Å². The highest BCUT2D eigenvalue weighted by Crippen LogP contribution is 2.60. The van der Waals surface area contributed by atoms with Crippen LogP contribution in [0.2, 0.25) is 0 Å². The van der Waals surface area contributed by atoms with Crippen molar-refractivity contribution in [3.8, 4) is 5.75 Å². The second kappa shape index (κ2) is 9.59. The second-order valence-electron chi connectivity index (χ2n) is 11.7. The molecule has 0 radical (unpaired) electrons. The molecule has 1 amide bonds. The molecule has 1 N–H and O–H groups in total. The maximum absolute atomic E-state index is 14.0. The lowest BCUT2D eigenvalue weighted by atomic mass is 9.86. The number of ether oxygens (including phenoxy) is 2. The van der Waals surface area contributed by atoms with Gasteiger partial charge in [-0.3, -0.25) is 10.1 Å². The summed E-state index contributed by atoms with van der Waals surface area (Å²) in [5.74, 6) is 1.36. The van der Waals surface area contributed by atoms with Gasteiger partial charge in [0.2, 0.25) is 5.91 Å². The summed E-state index contributed by atoms with van der Waals surface area (Å²) < 4.78 is 11.3. The zero-order valence-corrected chi connectivity index (χ0v) is 21.7. The Morgan fingerprint density at radius 2 is 1.86 bits per heavy atom. The van der Waals surface area contributed by atoms with Gasteiger partial charge in [0, 0.05) is 31.2 Å². The maximum Gasteiger partial charge on any atom is 0.228 e. The van der Waals surface area contributed by atoms with Crippen LogP contribution in [-0.2, 0) is 21.5 Å². The summed E-state index contributed by atoms with van der Waals surface area (Å²) in [4.78, 5) is 16.2. The number of nitrogens with one attached hydrogen (secondary N) is 1. The van der Waals surface area contributed by atoms with Crippen LogP contribution in [0, 0.1) is 11.3 Å². The fraction of sp³-hybridized carbons (Fsp3) is 0.567. The van der Waals surface area contributed by atoms with Crippen LogP contribution in [0.15, 0.2) is 48.5 Å². The van der Waals surface area contributed by atoms with Gasteiger partial charge in [-0.1, -0.05) is 63.2 Å². The molecule has 3 atom stereocenters. The van der Waals surface area contributed by atoms with Crippen molar-refractivity contribution in [3.05, 3.63) is 65.2 Å². The Labute approximate surface area is 210 Å². The van der Waals surface area contributed by atoms with Crippen molar-refractivity contribution in [2.75, 3.05) is 20.3 Å². The molecule has 2 saturated heterocycles. The van der Waals surface area contributed by atoms with Crippen molar-refractivity contribution in [1.29, 1.82) is 0 Å². The number of carbonyl (C=O) groups excluding carboxylic acids is 1. The topological polar surface area (TPSA) is 50.8 Å². The van der Waals surface area contributed by atoms with E-state index >= 15 is 0 Å². The normalized spacial score (nSPS) is 25.6. The van der Waals surface area contributed by atoms with E-state index in [1.807, 2.05) is 6.07 Å². The summed E-state index contributed by atoms with van der Waals surface area (Å²) in [6.07, 6.45) is 5.00. The number of benzene rings is 2. The van der Waals surface area contributed by atoms with Crippen LogP contribution in [-0.4, -0.2) is 37.3 Å². The summed E-state index contributed by atoms with van der Waals surface area (Å²) >= 11 is 0. The number of hydrogen-bond acceptors (Lipinski definition) is 4. The van der Waals surface area contributed by atoms with E-state index in [-0.39, 0.29) is 29.0 Å². The van der Waals surface area contributed by atoms with E-state index < -0.39 is 0 Å². The molecule has 5 heteroatoms. The van der Waals surface area contributed by atoms with Crippen molar-refractivity contribution in [1.82, 2.24) is 10.2 Å². The highest BCUT2D eigenvalue weighted by Gasteiger charge is 2.60. The van der Waals surface area contributed by atoms with Crippen molar-refractivity contribution in [2.45, 2.75) is 77.0 Å². The second-order valence-corrected chi connectivity index (χ2v) is 11.7. The number of rotatable bonds is 6. The third kappa shape index (κ3) is 4.85. The molecule has 1 aliphatic carbocycles. The highest BCUT2D eigenvalue weighted by atomic mass is 16.5. The Hall–Kier alpha value is -2.37. The molecule has 2 aromatic rings. The Kier molecular flexibility index (Phi) is 6.67. The lowest BCUT2D eigenvalue weighted by molar-refractivity contribution is -0.137. The van der Waals surface area contributed by atoms with Crippen LogP contribution in [0.3, 0.4) is 0 Å². The smallest absolute Gasteiger partial charge is 0.228 e. The molecule has 5 nitrogen and oxygen atoms in total.